The van der Waals surface area contributed by atoms with Gasteiger partial charge in [0.15, 0.2) is 0 Å². The van der Waals surface area contributed by atoms with Crippen molar-refractivity contribution >= 4 is 11.6 Å². The van der Waals surface area contributed by atoms with Crippen molar-refractivity contribution in [2.75, 3.05) is 25.2 Å². The van der Waals surface area contributed by atoms with Gasteiger partial charge in [0, 0.05) is 25.9 Å². The molecule has 1 atom stereocenters. The minimum absolute atomic E-state index is 0.104. The minimum Gasteiger partial charge on any atom is -0.385 e. The third-order valence-electron chi connectivity index (χ3n) is 5.19. The van der Waals surface area contributed by atoms with Gasteiger partial charge in [-0.3, -0.25) is 4.79 Å². The van der Waals surface area contributed by atoms with Gasteiger partial charge in [-0.1, -0.05) is 18.2 Å². The van der Waals surface area contributed by atoms with E-state index in [-0.39, 0.29) is 5.91 Å². The Morgan fingerprint density at radius 3 is 2.92 bits per heavy atom. The van der Waals surface area contributed by atoms with Gasteiger partial charge in [0.25, 0.3) is 5.91 Å². The first-order chi connectivity index (χ1) is 11.8. The SMILES string of the molecule is COCCC1CCN(C(=O)C2(n3cnnn3)CC2)c2ccccc21. The van der Waals surface area contributed by atoms with Crippen LogP contribution in [0.15, 0.2) is 30.6 Å². The highest BCUT2D eigenvalue weighted by molar-refractivity contribution is 6.01. The van der Waals surface area contributed by atoms with Crippen molar-refractivity contribution in [2.45, 2.75) is 37.1 Å². The second-order valence-electron chi connectivity index (χ2n) is 6.57. The molecule has 7 heteroatoms. The van der Waals surface area contributed by atoms with Crippen molar-refractivity contribution in [3.63, 3.8) is 0 Å². The molecule has 1 fully saturated rings. The number of carbonyl (C=O) groups is 1. The first kappa shape index (κ1) is 15.3. The third-order valence-corrected chi connectivity index (χ3v) is 5.19. The molecule has 1 aromatic carbocycles. The molecule has 0 radical (unpaired) electrons. The highest BCUT2D eigenvalue weighted by Gasteiger charge is 2.55. The normalized spacial score (nSPS) is 21.4. The Labute approximate surface area is 140 Å². The summed E-state index contributed by atoms with van der Waals surface area (Å²) < 4.78 is 6.86. The van der Waals surface area contributed by atoms with E-state index in [0.29, 0.717) is 5.92 Å². The molecular weight excluding hydrogens is 306 g/mol. The summed E-state index contributed by atoms with van der Waals surface area (Å²) in [4.78, 5) is 15.2. The molecule has 7 nitrogen and oxygen atoms in total. The van der Waals surface area contributed by atoms with Gasteiger partial charge in [0.05, 0.1) is 0 Å². The molecule has 2 aromatic rings. The molecule has 2 aliphatic rings. The van der Waals surface area contributed by atoms with Crippen molar-refractivity contribution in [3.05, 3.63) is 36.2 Å². The summed E-state index contributed by atoms with van der Waals surface area (Å²) in [5, 5.41) is 11.4. The molecule has 1 aromatic heterocycles. The van der Waals surface area contributed by atoms with Crippen LogP contribution in [0.5, 0.6) is 0 Å². The van der Waals surface area contributed by atoms with Crippen molar-refractivity contribution in [1.29, 1.82) is 0 Å². The summed E-state index contributed by atoms with van der Waals surface area (Å²) in [7, 11) is 1.73. The van der Waals surface area contributed by atoms with Crippen LogP contribution in [0.1, 0.15) is 37.2 Å². The summed E-state index contributed by atoms with van der Waals surface area (Å²) in [6, 6.07) is 8.21. The van der Waals surface area contributed by atoms with E-state index in [0.717, 1.165) is 44.5 Å². The maximum atomic E-state index is 13.2. The number of anilines is 1. The molecule has 126 valence electrons. The van der Waals surface area contributed by atoms with Gasteiger partial charge in [-0.05, 0) is 53.7 Å². The second-order valence-corrected chi connectivity index (χ2v) is 6.57. The number of fused-ring (bicyclic) bond motifs is 1. The Kier molecular flexibility index (Phi) is 3.80. The molecule has 4 rings (SSSR count). The Hall–Kier alpha value is -2.28. The van der Waals surface area contributed by atoms with E-state index in [9.17, 15) is 4.79 Å². The number of amides is 1. The first-order valence-corrected chi connectivity index (χ1v) is 8.39. The van der Waals surface area contributed by atoms with Crippen molar-refractivity contribution in [1.82, 2.24) is 20.2 Å². The maximum absolute atomic E-state index is 13.2. The number of ether oxygens (including phenoxy) is 1. The number of nitrogens with zero attached hydrogens (tertiary/aromatic N) is 5. The molecule has 24 heavy (non-hydrogen) atoms. The second kappa shape index (κ2) is 5.98. The maximum Gasteiger partial charge on any atom is 0.255 e. The quantitative estimate of drug-likeness (QED) is 0.836. The molecule has 2 heterocycles. The van der Waals surface area contributed by atoms with E-state index in [1.54, 1.807) is 18.1 Å². The lowest BCUT2D eigenvalue weighted by Crippen LogP contribution is -2.45. The van der Waals surface area contributed by atoms with Crippen LogP contribution in [0.4, 0.5) is 5.69 Å². The summed E-state index contributed by atoms with van der Waals surface area (Å²) in [6.45, 7) is 1.47. The fourth-order valence-electron chi connectivity index (χ4n) is 3.68. The first-order valence-electron chi connectivity index (χ1n) is 8.39. The van der Waals surface area contributed by atoms with Crippen LogP contribution >= 0.6 is 0 Å². The van der Waals surface area contributed by atoms with Crippen LogP contribution < -0.4 is 4.90 Å². The fraction of sp³-hybridized carbons (Fsp3) is 0.529. The Morgan fingerprint density at radius 2 is 2.21 bits per heavy atom. The zero-order valence-corrected chi connectivity index (χ0v) is 13.8. The van der Waals surface area contributed by atoms with E-state index in [1.807, 2.05) is 23.1 Å². The number of para-hydroxylation sites is 1. The number of hydrogen-bond acceptors (Lipinski definition) is 5. The molecule has 1 aliphatic heterocycles. The number of aromatic nitrogens is 4. The third kappa shape index (κ3) is 2.39. The summed E-state index contributed by atoms with van der Waals surface area (Å²) in [5.74, 6) is 0.542. The van der Waals surface area contributed by atoms with Crippen LogP contribution in [-0.4, -0.2) is 46.4 Å². The van der Waals surface area contributed by atoms with Gasteiger partial charge in [0.1, 0.15) is 11.9 Å². The molecule has 1 aliphatic carbocycles. The number of tetrazole rings is 1. The number of benzene rings is 1. The Balaban J connectivity index is 1.64. The number of methoxy groups -OCH3 is 1. The van der Waals surface area contributed by atoms with Gasteiger partial charge >= 0.3 is 0 Å². The van der Waals surface area contributed by atoms with Crippen molar-refractivity contribution in [2.24, 2.45) is 0 Å². The smallest absolute Gasteiger partial charge is 0.255 e. The van der Waals surface area contributed by atoms with Crippen molar-refractivity contribution in [3.8, 4) is 0 Å². The average Bonchev–Trinajstić information content (AvgIpc) is 3.25. The lowest BCUT2D eigenvalue weighted by molar-refractivity contribution is -0.123. The van der Waals surface area contributed by atoms with Crippen LogP contribution in [0.2, 0.25) is 0 Å². The van der Waals surface area contributed by atoms with Crippen molar-refractivity contribution < 1.29 is 9.53 Å². The lowest BCUT2D eigenvalue weighted by atomic mass is 9.87. The predicted octanol–water partition coefficient (Wildman–Crippen LogP) is 1.72. The van der Waals surface area contributed by atoms with Crippen LogP contribution in [-0.2, 0) is 15.1 Å². The fourth-order valence-corrected chi connectivity index (χ4v) is 3.68. The summed E-state index contributed by atoms with van der Waals surface area (Å²) in [5.41, 5.74) is 1.67. The summed E-state index contributed by atoms with van der Waals surface area (Å²) >= 11 is 0. The number of carbonyl (C=O) groups excluding carboxylic acids is 1. The molecule has 1 unspecified atom stereocenters. The topological polar surface area (TPSA) is 73.1 Å². The van der Waals surface area contributed by atoms with Gasteiger partial charge in [-0.2, -0.15) is 0 Å². The zero-order chi connectivity index (χ0) is 16.6. The zero-order valence-electron chi connectivity index (χ0n) is 13.8. The Morgan fingerprint density at radius 1 is 1.38 bits per heavy atom. The monoisotopic (exact) mass is 327 g/mol. The van der Waals surface area contributed by atoms with Gasteiger partial charge in [-0.15, -0.1) is 5.10 Å². The molecule has 1 amide bonds. The molecule has 1 saturated carbocycles. The molecule has 0 N–H and O–H groups in total. The lowest BCUT2D eigenvalue weighted by Gasteiger charge is -2.36. The van der Waals surface area contributed by atoms with E-state index < -0.39 is 5.54 Å². The van der Waals surface area contributed by atoms with Crippen LogP contribution in [0.3, 0.4) is 0 Å². The predicted molar refractivity (Wildman–Crippen MR) is 87.7 cm³/mol. The minimum atomic E-state index is -0.587. The largest absolute Gasteiger partial charge is 0.385 e. The van der Waals surface area contributed by atoms with Crippen LogP contribution in [0, 0.1) is 0 Å². The molecule has 0 spiro atoms. The van der Waals surface area contributed by atoms with Crippen LogP contribution in [0.25, 0.3) is 0 Å². The molecular formula is C17H21N5O2. The van der Waals surface area contributed by atoms with E-state index in [2.05, 4.69) is 21.6 Å². The van der Waals surface area contributed by atoms with Gasteiger partial charge in [0.2, 0.25) is 0 Å². The highest BCUT2D eigenvalue weighted by atomic mass is 16.5. The highest BCUT2D eigenvalue weighted by Crippen LogP contribution is 2.47. The van der Waals surface area contributed by atoms with Gasteiger partial charge in [-0.25, -0.2) is 4.68 Å². The average molecular weight is 327 g/mol. The number of hydrogen-bond donors (Lipinski definition) is 0. The Bertz CT molecular complexity index is 726. The molecule has 0 bridgehead atoms. The van der Waals surface area contributed by atoms with E-state index in [1.165, 1.54) is 5.56 Å². The van der Waals surface area contributed by atoms with Gasteiger partial charge < -0.3 is 9.64 Å². The molecule has 0 saturated heterocycles. The standard InChI is InChI=1S/C17H21N5O2/c1-24-11-7-13-6-10-21(15-5-3-2-4-14(13)15)16(23)17(8-9-17)22-12-18-19-20-22/h2-5,12-13H,6-11H2,1H3. The van der Waals surface area contributed by atoms with E-state index >= 15 is 0 Å². The number of rotatable bonds is 5. The summed E-state index contributed by atoms with van der Waals surface area (Å²) in [6.07, 6.45) is 5.07. The van der Waals surface area contributed by atoms with E-state index in [4.69, 9.17) is 4.74 Å².